The summed E-state index contributed by atoms with van der Waals surface area (Å²) in [4.78, 5) is 25.1. The number of rotatable bonds is 4. The predicted octanol–water partition coefficient (Wildman–Crippen LogP) is 0.914. The highest BCUT2D eigenvalue weighted by molar-refractivity contribution is 5.85. The second kappa shape index (κ2) is 4.85. The van der Waals surface area contributed by atoms with Gasteiger partial charge in [-0.05, 0) is 38.5 Å². The summed E-state index contributed by atoms with van der Waals surface area (Å²) in [6.07, 6.45) is 5.11. The Balaban J connectivity index is 1.68. The molecule has 1 atom stereocenters. The highest BCUT2D eigenvalue weighted by Gasteiger charge is 2.27. The zero-order valence-electron chi connectivity index (χ0n) is 9.87. The Morgan fingerprint density at radius 3 is 2.62 bits per heavy atom. The number of carbonyl (C=O) groups excluding carboxylic acids is 2. The lowest BCUT2D eigenvalue weighted by Crippen LogP contribution is -2.41. The van der Waals surface area contributed by atoms with E-state index >= 15 is 0 Å². The minimum Gasteiger partial charge on any atom is -0.347 e. The molecule has 0 spiro atoms. The maximum Gasteiger partial charge on any atom is 0.242 e. The third-order valence-electron chi connectivity index (χ3n) is 3.48. The smallest absolute Gasteiger partial charge is 0.242 e. The summed E-state index contributed by atoms with van der Waals surface area (Å²) in [5, 5.41) is 2.72. The van der Waals surface area contributed by atoms with Gasteiger partial charge in [-0.25, -0.2) is 0 Å². The van der Waals surface area contributed by atoms with Gasteiger partial charge in [-0.2, -0.15) is 0 Å². The van der Waals surface area contributed by atoms with Gasteiger partial charge in [0.05, 0.1) is 6.54 Å². The minimum absolute atomic E-state index is 0.0303. The number of amides is 2. The molecule has 1 saturated heterocycles. The van der Waals surface area contributed by atoms with Crippen molar-refractivity contribution in [3.05, 3.63) is 0 Å². The van der Waals surface area contributed by atoms with E-state index in [1.165, 1.54) is 12.8 Å². The summed E-state index contributed by atoms with van der Waals surface area (Å²) < 4.78 is 0. The zero-order valence-corrected chi connectivity index (χ0v) is 9.87. The minimum atomic E-state index is 0.0303. The van der Waals surface area contributed by atoms with E-state index in [0.29, 0.717) is 18.4 Å². The van der Waals surface area contributed by atoms with Crippen LogP contribution in [0.15, 0.2) is 0 Å². The van der Waals surface area contributed by atoms with Crippen molar-refractivity contribution in [2.45, 2.75) is 45.1 Å². The lowest BCUT2D eigenvalue weighted by molar-refractivity contribution is -0.133. The molecule has 1 aliphatic heterocycles. The summed E-state index contributed by atoms with van der Waals surface area (Å²) in [6.45, 7) is 3.09. The van der Waals surface area contributed by atoms with Gasteiger partial charge in [0.1, 0.15) is 0 Å². The molecule has 4 nitrogen and oxygen atoms in total. The maximum atomic E-state index is 11.8. The van der Waals surface area contributed by atoms with E-state index in [9.17, 15) is 9.59 Å². The molecule has 90 valence electrons. The molecule has 1 saturated carbocycles. The van der Waals surface area contributed by atoms with E-state index < -0.39 is 0 Å². The molecule has 0 radical (unpaired) electrons. The topological polar surface area (TPSA) is 49.4 Å². The lowest BCUT2D eigenvalue weighted by atomic mass is 10.2. The normalized spacial score (nSPS) is 24.6. The highest BCUT2D eigenvalue weighted by Crippen LogP contribution is 2.32. The predicted molar refractivity (Wildman–Crippen MR) is 60.8 cm³/mol. The molecular weight excluding hydrogens is 204 g/mol. The first-order valence-electron chi connectivity index (χ1n) is 6.23. The fourth-order valence-corrected chi connectivity index (χ4v) is 2.24. The molecule has 2 amide bonds. The van der Waals surface area contributed by atoms with E-state index in [0.717, 1.165) is 19.4 Å². The van der Waals surface area contributed by atoms with Crippen molar-refractivity contribution in [1.82, 2.24) is 10.2 Å². The number of nitrogens with one attached hydrogen (secondary N) is 1. The van der Waals surface area contributed by atoms with Crippen LogP contribution < -0.4 is 5.32 Å². The van der Waals surface area contributed by atoms with Gasteiger partial charge >= 0.3 is 0 Å². The maximum absolute atomic E-state index is 11.8. The molecular formula is C12H20N2O2. The molecule has 1 heterocycles. The van der Waals surface area contributed by atoms with E-state index in [4.69, 9.17) is 0 Å². The van der Waals surface area contributed by atoms with Crippen LogP contribution in [0.1, 0.15) is 39.0 Å². The number of hydrogen-bond acceptors (Lipinski definition) is 2. The number of hydrogen-bond donors (Lipinski definition) is 1. The van der Waals surface area contributed by atoms with Crippen molar-refractivity contribution in [3.8, 4) is 0 Å². The van der Waals surface area contributed by atoms with Crippen molar-refractivity contribution in [1.29, 1.82) is 0 Å². The van der Waals surface area contributed by atoms with Crippen molar-refractivity contribution in [2.24, 2.45) is 5.92 Å². The Morgan fingerprint density at radius 2 is 2.06 bits per heavy atom. The molecule has 2 aliphatic rings. The van der Waals surface area contributed by atoms with E-state index in [-0.39, 0.29) is 18.4 Å². The highest BCUT2D eigenvalue weighted by atomic mass is 16.2. The second-order valence-corrected chi connectivity index (χ2v) is 5.00. The van der Waals surface area contributed by atoms with Crippen molar-refractivity contribution in [3.63, 3.8) is 0 Å². The average Bonchev–Trinajstić information content (AvgIpc) is 2.95. The molecule has 0 unspecified atom stereocenters. The van der Waals surface area contributed by atoms with Crippen LogP contribution in [-0.2, 0) is 9.59 Å². The first kappa shape index (κ1) is 11.4. The van der Waals surface area contributed by atoms with Crippen LogP contribution >= 0.6 is 0 Å². The summed E-state index contributed by atoms with van der Waals surface area (Å²) in [5.74, 6) is 0.678. The Kier molecular flexibility index (Phi) is 3.46. The molecule has 2 fully saturated rings. The van der Waals surface area contributed by atoms with Crippen LogP contribution in [-0.4, -0.2) is 35.8 Å². The Morgan fingerprint density at radius 1 is 1.31 bits per heavy atom. The first-order chi connectivity index (χ1) is 7.66. The van der Waals surface area contributed by atoms with Gasteiger partial charge in [0.2, 0.25) is 11.8 Å². The fraction of sp³-hybridized carbons (Fsp3) is 0.833. The van der Waals surface area contributed by atoms with Crippen LogP contribution in [0, 0.1) is 5.92 Å². The lowest BCUT2D eigenvalue weighted by Gasteiger charge is -2.21. The van der Waals surface area contributed by atoms with Gasteiger partial charge in [-0.3, -0.25) is 9.59 Å². The van der Waals surface area contributed by atoms with Crippen molar-refractivity contribution >= 4 is 11.8 Å². The third-order valence-corrected chi connectivity index (χ3v) is 3.48. The molecule has 2 rings (SSSR count). The molecule has 0 aromatic rings. The molecule has 0 aromatic heterocycles. The number of likely N-dealkylation sites (tertiary alicyclic amines) is 1. The average molecular weight is 224 g/mol. The summed E-state index contributed by atoms with van der Waals surface area (Å²) in [5.41, 5.74) is 0. The number of carbonyl (C=O) groups is 2. The standard InChI is InChI=1S/C12H20N2O2/c1-9-3-2-6-14(9)12(16)8-13-11(15)7-10-4-5-10/h9-10H,2-8H2,1H3,(H,13,15)/t9-/m1/s1. The Labute approximate surface area is 96.4 Å². The van der Waals surface area contributed by atoms with E-state index in [2.05, 4.69) is 12.2 Å². The SMILES string of the molecule is C[C@@H]1CCCN1C(=O)CNC(=O)CC1CC1. The van der Waals surface area contributed by atoms with Crippen LogP contribution in [0.5, 0.6) is 0 Å². The quantitative estimate of drug-likeness (QED) is 0.771. The summed E-state index contributed by atoms with van der Waals surface area (Å²) in [6, 6.07) is 0.341. The monoisotopic (exact) mass is 224 g/mol. The van der Waals surface area contributed by atoms with Gasteiger partial charge in [0.15, 0.2) is 0 Å². The molecule has 16 heavy (non-hydrogen) atoms. The van der Waals surface area contributed by atoms with Crippen molar-refractivity contribution in [2.75, 3.05) is 13.1 Å². The fourth-order valence-electron chi connectivity index (χ4n) is 2.24. The van der Waals surface area contributed by atoms with Crippen LogP contribution in [0.3, 0.4) is 0 Å². The molecule has 1 aliphatic carbocycles. The van der Waals surface area contributed by atoms with Gasteiger partial charge in [-0.15, -0.1) is 0 Å². The van der Waals surface area contributed by atoms with Gasteiger partial charge in [0.25, 0.3) is 0 Å². The number of nitrogens with zero attached hydrogens (tertiary/aromatic N) is 1. The Bertz CT molecular complexity index is 287. The third kappa shape index (κ3) is 2.97. The van der Waals surface area contributed by atoms with Gasteiger partial charge < -0.3 is 10.2 Å². The van der Waals surface area contributed by atoms with Gasteiger partial charge in [-0.1, -0.05) is 0 Å². The molecule has 1 N–H and O–H groups in total. The molecule has 4 heteroatoms. The second-order valence-electron chi connectivity index (χ2n) is 5.00. The molecule has 0 bridgehead atoms. The van der Waals surface area contributed by atoms with E-state index in [1.54, 1.807) is 0 Å². The summed E-state index contributed by atoms with van der Waals surface area (Å²) >= 11 is 0. The van der Waals surface area contributed by atoms with Crippen LogP contribution in [0.2, 0.25) is 0 Å². The van der Waals surface area contributed by atoms with Crippen LogP contribution in [0.4, 0.5) is 0 Å². The largest absolute Gasteiger partial charge is 0.347 e. The van der Waals surface area contributed by atoms with Crippen LogP contribution in [0.25, 0.3) is 0 Å². The molecule has 0 aromatic carbocycles. The van der Waals surface area contributed by atoms with Crippen molar-refractivity contribution < 1.29 is 9.59 Å². The van der Waals surface area contributed by atoms with E-state index in [1.807, 2.05) is 4.90 Å². The van der Waals surface area contributed by atoms with Gasteiger partial charge in [0, 0.05) is 19.0 Å². The zero-order chi connectivity index (χ0) is 11.5. The summed E-state index contributed by atoms with van der Waals surface area (Å²) in [7, 11) is 0. The first-order valence-corrected chi connectivity index (χ1v) is 6.23. The Hall–Kier alpha value is -1.06.